The Labute approximate surface area is 63.6 Å². The molecule has 0 aromatic carbocycles. The van der Waals surface area contributed by atoms with Crippen molar-refractivity contribution >= 4 is 0 Å². The minimum Gasteiger partial charge on any atom is -0.396 e. The second-order valence-electron chi connectivity index (χ2n) is 2.84. The molecule has 0 saturated carbocycles. The molecule has 0 aromatic heterocycles. The molecule has 10 heavy (non-hydrogen) atoms. The van der Waals surface area contributed by atoms with Crippen molar-refractivity contribution in [3.8, 4) is 0 Å². The fraction of sp³-hybridized carbons (Fsp3) is 1.00. The van der Waals surface area contributed by atoms with Gasteiger partial charge in [0.15, 0.2) is 0 Å². The van der Waals surface area contributed by atoms with Crippen LogP contribution in [0.1, 0.15) is 26.7 Å². The van der Waals surface area contributed by atoms with Crippen LogP contribution < -0.4 is 5.32 Å². The molecule has 2 heteroatoms. The van der Waals surface area contributed by atoms with E-state index in [9.17, 15) is 0 Å². The van der Waals surface area contributed by atoms with Crippen LogP contribution in [0.2, 0.25) is 0 Å². The first-order valence-corrected chi connectivity index (χ1v) is 4.04. The zero-order chi connectivity index (χ0) is 7.98. The Kier molecular flexibility index (Phi) is 5.64. The second kappa shape index (κ2) is 5.69. The van der Waals surface area contributed by atoms with E-state index in [0.29, 0.717) is 12.0 Å². The van der Waals surface area contributed by atoms with E-state index >= 15 is 0 Å². The molecule has 0 heterocycles. The topological polar surface area (TPSA) is 32.3 Å². The molecule has 0 fully saturated rings. The van der Waals surface area contributed by atoms with Gasteiger partial charge in [-0.2, -0.15) is 0 Å². The molecule has 2 atom stereocenters. The van der Waals surface area contributed by atoms with Gasteiger partial charge in [0.1, 0.15) is 0 Å². The number of nitrogens with one attached hydrogen (secondary N) is 1. The van der Waals surface area contributed by atoms with Crippen molar-refractivity contribution in [3.63, 3.8) is 0 Å². The number of hydrogen-bond acceptors (Lipinski definition) is 2. The van der Waals surface area contributed by atoms with Crippen LogP contribution in [0.4, 0.5) is 0 Å². The lowest BCUT2D eigenvalue weighted by Gasteiger charge is -2.20. The molecule has 0 aliphatic heterocycles. The molecule has 0 aliphatic carbocycles. The van der Waals surface area contributed by atoms with Crippen LogP contribution in [0.15, 0.2) is 0 Å². The van der Waals surface area contributed by atoms with E-state index in [2.05, 4.69) is 19.2 Å². The summed E-state index contributed by atoms with van der Waals surface area (Å²) in [7, 11) is 1.95. The standard InChI is InChI=1S/C8H19NO/c1-4-5-8(9-3)7(2)6-10/h7-10H,4-6H2,1-3H3. The third kappa shape index (κ3) is 3.18. The van der Waals surface area contributed by atoms with Crippen molar-refractivity contribution in [1.82, 2.24) is 5.32 Å². The molecule has 0 radical (unpaired) electrons. The first kappa shape index (κ1) is 9.92. The van der Waals surface area contributed by atoms with E-state index in [1.807, 2.05) is 7.05 Å². The van der Waals surface area contributed by atoms with Crippen molar-refractivity contribution in [3.05, 3.63) is 0 Å². The third-order valence-corrected chi connectivity index (χ3v) is 1.95. The molecule has 0 bridgehead atoms. The lowest BCUT2D eigenvalue weighted by Crippen LogP contribution is -2.33. The lowest BCUT2D eigenvalue weighted by molar-refractivity contribution is 0.200. The number of aliphatic hydroxyl groups excluding tert-OH is 1. The molecule has 2 nitrogen and oxygen atoms in total. The fourth-order valence-electron chi connectivity index (χ4n) is 1.15. The van der Waals surface area contributed by atoms with E-state index in [1.54, 1.807) is 0 Å². The third-order valence-electron chi connectivity index (χ3n) is 1.95. The maximum absolute atomic E-state index is 8.82. The van der Waals surface area contributed by atoms with Gasteiger partial charge in [-0.1, -0.05) is 20.3 Å². The van der Waals surface area contributed by atoms with E-state index < -0.39 is 0 Å². The van der Waals surface area contributed by atoms with Crippen molar-refractivity contribution in [2.75, 3.05) is 13.7 Å². The van der Waals surface area contributed by atoms with Gasteiger partial charge in [-0.25, -0.2) is 0 Å². The Morgan fingerprint density at radius 3 is 2.40 bits per heavy atom. The average Bonchev–Trinajstić information content (AvgIpc) is 1.99. The molecule has 0 rings (SSSR count). The van der Waals surface area contributed by atoms with Crippen LogP contribution in [0.5, 0.6) is 0 Å². The maximum atomic E-state index is 8.82. The Morgan fingerprint density at radius 2 is 2.10 bits per heavy atom. The molecule has 2 N–H and O–H groups in total. The summed E-state index contributed by atoms with van der Waals surface area (Å²) < 4.78 is 0. The van der Waals surface area contributed by atoms with Gasteiger partial charge in [-0.3, -0.25) is 0 Å². The van der Waals surface area contributed by atoms with Gasteiger partial charge >= 0.3 is 0 Å². The van der Waals surface area contributed by atoms with Gasteiger partial charge in [0.25, 0.3) is 0 Å². The van der Waals surface area contributed by atoms with Gasteiger partial charge in [0.05, 0.1) is 0 Å². The van der Waals surface area contributed by atoms with Crippen molar-refractivity contribution < 1.29 is 5.11 Å². The SMILES string of the molecule is CCCC(NC)C(C)CO. The summed E-state index contributed by atoms with van der Waals surface area (Å²) in [6, 6.07) is 0.481. The Hall–Kier alpha value is -0.0800. The van der Waals surface area contributed by atoms with Gasteiger partial charge in [-0.15, -0.1) is 0 Å². The van der Waals surface area contributed by atoms with Crippen LogP contribution >= 0.6 is 0 Å². The minimum absolute atomic E-state index is 0.283. The molecular formula is C8H19NO. The number of hydrogen-bond donors (Lipinski definition) is 2. The van der Waals surface area contributed by atoms with E-state index in [0.717, 1.165) is 6.42 Å². The van der Waals surface area contributed by atoms with E-state index in [-0.39, 0.29) is 6.61 Å². The van der Waals surface area contributed by atoms with Crippen LogP contribution in [0.25, 0.3) is 0 Å². The molecule has 0 spiro atoms. The monoisotopic (exact) mass is 145 g/mol. The minimum atomic E-state index is 0.283. The number of aliphatic hydroxyl groups is 1. The van der Waals surface area contributed by atoms with E-state index in [4.69, 9.17) is 5.11 Å². The molecule has 0 amide bonds. The molecule has 0 aliphatic rings. The van der Waals surface area contributed by atoms with Crippen LogP contribution in [-0.4, -0.2) is 24.8 Å². The summed E-state index contributed by atoms with van der Waals surface area (Å²) in [5.41, 5.74) is 0. The molecule has 2 unspecified atom stereocenters. The number of rotatable bonds is 5. The lowest BCUT2D eigenvalue weighted by atomic mass is 9.99. The molecular weight excluding hydrogens is 126 g/mol. The summed E-state index contributed by atoms with van der Waals surface area (Å²) in [6.45, 7) is 4.51. The van der Waals surface area contributed by atoms with E-state index in [1.165, 1.54) is 6.42 Å². The van der Waals surface area contributed by atoms with Crippen molar-refractivity contribution in [2.24, 2.45) is 5.92 Å². The van der Waals surface area contributed by atoms with Crippen molar-refractivity contribution in [2.45, 2.75) is 32.7 Å². The predicted octanol–water partition coefficient (Wildman–Crippen LogP) is 1.00. The van der Waals surface area contributed by atoms with Crippen LogP contribution in [0.3, 0.4) is 0 Å². The first-order valence-electron chi connectivity index (χ1n) is 4.04. The highest BCUT2D eigenvalue weighted by atomic mass is 16.3. The zero-order valence-electron chi connectivity index (χ0n) is 7.22. The molecule has 0 aromatic rings. The van der Waals surface area contributed by atoms with Crippen LogP contribution in [-0.2, 0) is 0 Å². The smallest absolute Gasteiger partial charge is 0.0471 e. The summed E-state index contributed by atoms with van der Waals surface area (Å²) in [5.74, 6) is 0.380. The molecule has 0 saturated heterocycles. The molecule has 62 valence electrons. The Bertz CT molecular complexity index is 75.7. The highest BCUT2D eigenvalue weighted by molar-refractivity contribution is 4.69. The largest absolute Gasteiger partial charge is 0.396 e. The first-order chi connectivity index (χ1) is 4.76. The zero-order valence-corrected chi connectivity index (χ0v) is 7.22. The maximum Gasteiger partial charge on any atom is 0.0471 e. The second-order valence-corrected chi connectivity index (χ2v) is 2.84. The Balaban J connectivity index is 3.56. The highest BCUT2D eigenvalue weighted by Gasteiger charge is 2.12. The van der Waals surface area contributed by atoms with Gasteiger partial charge < -0.3 is 10.4 Å². The van der Waals surface area contributed by atoms with Crippen molar-refractivity contribution in [1.29, 1.82) is 0 Å². The summed E-state index contributed by atoms with van der Waals surface area (Å²) in [5, 5.41) is 12.0. The van der Waals surface area contributed by atoms with Gasteiger partial charge in [-0.05, 0) is 19.4 Å². The fourth-order valence-corrected chi connectivity index (χ4v) is 1.15. The summed E-state index contributed by atoms with van der Waals surface area (Å²) >= 11 is 0. The Morgan fingerprint density at radius 1 is 1.50 bits per heavy atom. The predicted molar refractivity (Wildman–Crippen MR) is 44.0 cm³/mol. The van der Waals surface area contributed by atoms with Gasteiger partial charge in [0, 0.05) is 12.6 Å². The summed E-state index contributed by atoms with van der Waals surface area (Å²) in [6.07, 6.45) is 2.33. The van der Waals surface area contributed by atoms with Gasteiger partial charge in [0.2, 0.25) is 0 Å². The normalized spacial score (nSPS) is 16.8. The quantitative estimate of drug-likeness (QED) is 0.605. The summed E-state index contributed by atoms with van der Waals surface area (Å²) in [4.78, 5) is 0. The van der Waals surface area contributed by atoms with Crippen LogP contribution in [0, 0.1) is 5.92 Å². The average molecular weight is 145 g/mol. The highest BCUT2D eigenvalue weighted by Crippen LogP contribution is 2.07.